The Bertz CT molecular complexity index is 1140. The van der Waals surface area contributed by atoms with Crippen LogP contribution in [0.25, 0.3) is 10.2 Å². The molecular weight excluding hydrogens is 436 g/mol. The summed E-state index contributed by atoms with van der Waals surface area (Å²) in [5, 5.41) is 1.25. The molecule has 1 aliphatic carbocycles. The summed E-state index contributed by atoms with van der Waals surface area (Å²) in [4.78, 5) is 17.4. The topological polar surface area (TPSA) is 60.0 Å². The quantitative estimate of drug-likeness (QED) is 0.569. The molecule has 0 unspecified atom stereocenters. The van der Waals surface area contributed by atoms with Crippen LogP contribution in [0.15, 0.2) is 24.3 Å². The molecule has 0 radical (unpaired) electrons. The molecule has 33 heavy (non-hydrogen) atoms. The van der Waals surface area contributed by atoms with Crippen molar-refractivity contribution in [3.05, 3.63) is 40.5 Å². The predicted molar refractivity (Wildman–Crippen MR) is 130 cm³/mol. The molecule has 3 aromatic rings. The van der Waals surface area contributed by atoms with Gasteiger partial charge in [-0.15, -0.1) is 11.3 Å². The number of nitrogens with zero attached hydrogens (tertiary/aromatic N) is 4. The third kappa shape index (κ3) is 4.27. The molecule has 1 fully saturated rings. The lowest BCUT2D eigenvalue weighted by atomic mass is 9.97. The van der Waals surface area contributed by atoms with Gasteiger partial charge in [-0.05, 0) is 43.4 Å². The third-order valence-electron chi connectivity index (χ3n) is 6.72. The van der Waals surface area contributed by atoms with Gasteiger partial charge in [0.15, 0.2) is 17.6 Å². The highest BCUT2D eigenvalue weighted by Gasteiger charge is 2.27. The summed E-state index contributed by atoms with van der Waals surface area (Å²) in [6.07, 6.45) is 4.75. The van der Waals surface area contributed by atoms with Gasteiger partial charge in [0.1, 0.15) is 23.1 Å². The molecule has 1 atom stereocenters. The minimum absolute atomic E-state index is 0.0490. The monoisotopic (exact) mass is 466 g/mol. The Morgan fingerprint density at radius 1 is 1.09 bits per heavy atom. The van der Waals surface area contributed by atoms with E-state index < -0.39 is 0 Å². The van der Waals surface area contributed by atoms with Crippen LogP contribution < -0.4 is 14.4 Å². The van der Waals surface area contributed by atoms with E-state index in [2.05, 4.69) is 16.8 Å². The van der Waals surface area contributed by atoms with E-state index in [1.807, 2.05) is 35.6 Å². The SMILES string of the molecule is CN(C[C@H]1COc2ccccc2O1)c1nc(CN2CCOCC2)nc2sc3c(c12)CCCC3. The number of thiophene rings is 1. The van der Waals surface area contributed by atoms with E-state index >= 15 is 0 Å². The second kappa shape index (κ2) is 9.08. The van der Waals surface area contributed by atoms with E-state index in [9.17, 15) is 0 Å². The van der Waals surface area contributed by atoms with E-state index in [-0.39, 0.29) is 6.10 Å². The molecular formula is C25H30N4O3S. The van der Waals surface area contributed by atoms with Crippen LogP contribution in [0.5, 0.6) is 11.5 Å². The van der Waals surface area contributed by atoms with Gasteiger partial charge < -0.3 is 19.1 Å². The second-order valence-electron chi connectivity index (χ2n) is 9.12. The summed E-state index contributed by atoms with van der Waals surface area (Å²) < 4.78 is 17.7. The summed E-state index contributed by atoms with van der Waals surface area (Å²) in [5.41, 5.74) is 1.46. The van der Waals surface area contributed by atoms with Crippen LogP contribution in [0.2, 0.25) is 0 Å². The number of morpholine rings is 1. The lowest BCUT2D eigenvalue weighted by molar-refractivity contribution is 0.0331. The van der Waals surface area contributed by atoms with Gasteiger partial charge in [-0.3, -0.25) is 4.90 Å². The normalized spacial score (nSPS) is 20.6. The fourth-order valence-corrected chi connectivity index (χ4v) is 6.31. The van der Waals surface area contributed by atoms with Crippen molar-refractivity contribution >= 4 is 27.4 Å². The summed E-state index contributed by atoms with van der Waals surface area (Å²) in [7, 11) is 2.12. The molecule has 2 aliphatic heterocycles. The maximum absolute atomic E-state index is 6.25. The highest BCUT2D eigenvalue weighted by molar-refractivity contribution is 7.19. The molecule has 2 aromatic heterocycles. The van der Waals surface area contributed by atoms with Crippen LogP contribution >= 0.6 is 11.3 Å². The van der Waals surface area contributed by atoms with Crippen molar-refractivity contribution in [2.24, 2.45) is 0 Å². The zero-order chi connectivity index (χ0) is 22.2. The van der Waals surface area contributed by atoms with Crippen LogP contribution in [0.1, 0.15) is 29.1 Å². The first-order valence-electron chi connectivity index (χ1n) is 12.0. The lowest BCUT2D eigenvalue weighted by Gasteiger charge is -2.31. The van der Waals surface area contributed by atoms with Gasteiger partial charge >= 0.3 is 0 Å². The molecule has 3 aliphatic rings. The molecule has 4 heterocycles. The number of anilines is 1. The van der Waals surface area contributed by atoms with E-state index in [0.29, 0.717) is 13.2 Å². The Labute approximate surface area is 198 Å². The fraction of sp³-hybridized carbons (Fsp3) is 0.520. The maximum Gasteiger partial charge on any atom is 0.161 e. The minimum atomic E-state index is -0.0490. The number of hydrogen-bond donors (Lipinski definition) is 0. The van der Waals surface area contributed by atoms with Crippen LogP contribution in [-0.2, 0) is 24.1 Å². The van der Waals surface area contributed by atoms with Crippen molar-refractivity contribution in [2.75, 3.05) is 51.4 Å². The van der Waals surface area contributed by atoms with Crippen LogP contribution in [0.4, 0.5) is 5.82 Å². The first kappa shape index (κ1) is 21.1. The van der Waals surface area contributed by atoms with Crippen LogP contribution in [0, 0.1) is 0 Å². The zero-order valence-electron chi connectivity index (χ0n) is 19.1. The average Bonchev–Trinajstić information content (AvgIpc) is 3.22. The summed E-state index contributed by atoms with van der Waals surface area (Å²) >= 11 is 1.87. The molecule has 0 amide bonds. The Kier molecular flexibility index (Phi) is 5.82. The fourth-order valence-electron chi connectivity index (χ4n) is 5.03. The Hall–Kier alpha value is -2.42. The van der Waals surface area contributed by atoms with Gasteiger partial charge in [-0.25, -0.2) is 9.97 Å². The Morgan fingerprint density at radius 2 is 1.91 bits per heavy atom. The largest absolute Gasteiger partial charge is 0.486 e. The van der Waals surface area contributed by atoms with Gasteiger partial charge in [0.2, 0.25) is 0 Å². The predicted octanol–water partition coefficient (Wildman–Crippen LogP) is 3.68. The third-order valence-corrected chi connectivity index (χ3v) is 7.90. The van der Waals surface area contributed by atoms with Gasteiger partial charge in [0.05, 0.1) is 31.7 Å². The number of ether oxygens (including phenoxy) is 3. The highest BCUT2D eigenvalue weighted by atomic mass is 32.1. The Balaban J connectivity index is 1.31. The standard InChI is InChI=1S/C25H30N4O3S/c1-28(14-17-16-31-19-7-3-4-8-20(19)32-17)24-23-18-6-2-5-9-21(18)33-25(23)27-22(26-24)15-29-10-12-30-13-11-29/h3-4,7-8,17H,2,5-6,9-16H2,1H3/t17-/m0/s1. The number of aromatic nitrogens is 2. The van der Waals surface area contributed by atoms with Gasteiger partial charge in [0.25, 0.3) is 0 Å². The van der Waals surface area contributed by atoms with Crippen molar-refractivity contribution in [1.29, 1.82) is 0 Å². The number of likely N-dealkylation sites (N-methyl/N-ethyl adjacent to an activating group) is 1. The maximum atomic E-state index is 6.25. The molecule has 174 valence electrons. The van der Waals surface area contributed by atoms with E-state index in [1.54, 1.807) is 0 Å². The number of aryl methyl sites for hydroxylation is 2. The van der Waals surface area contributed by atoms with Gasteiger partial charge in [-0.2, -0.15) is 0 Å². The van der Waals surface area contributed by atoms with Gasteiger partial charge in [-0.1, -0.05) is 12.1 Å². The molecule has 1 aromatic carbocycles. The second-order valence-corrected chi connectivity index (χ2v) is 10.2. The summed E-state index contributed by atoms with van der Waals surface area (Å²) in [6.45, 7) is 5.44. The first-order chi connectivity index (χ1) is 16.2. The molecule has 8 heteroatoms. The summed E-state index contributed by atoms with van der Waals surface area (Å²) in [5.74, 6) is 3.57. The van der Waals surface area contributed by atoms with Crippen molar-refractivity contribution in [3.8, 4) is 11.5 Å². The number of rotatable bonds is 5. The van der Waals surface area contributed by atoms with Crippen molar-refractivity contribution in [2.45, 2.75) is 38.3 Å². The van der Waals surface area contributed by atoms with Crippen molar-refractivity contribution in [1.82, 2.24) is 14.9 Å². The van der Waals surface area contributed by atoms with E-state index in [4.69, 9.17) is 24.2 Å². The number of benzene rings is 1. The molecule has 6 rings (SSSR count). The molecule has 1 saturated heterocycles. The molecule has 0 N–H and O–H groups in total. The summed E-state index contributed by atoms with van der Waals surface area (Å²) in [6, 6.07) is 7.89. The van der Waals surface area contributed by atoms with Gasteiger partial charge in [0, 0.05) is 25.0 Å². The molecule has 0 bridgehead atoms. The van der Waals surface area contributed by atoms with Crippen molar-refractivity contribution in [3.63, 3.8) is 0 Å². The molecule has 0 spiro atoms. The lowest BCUT2D eigenvalue weighted by Crippen LogP contribution is -2.40. The van der Waals surface area contributed by atoms with Crippen molar-refractivity contribution < 1.29 is 14.2 Å². The van der Waals surface area contributed by atoms with Crippen LogP contribution in [0.3, 0.4) is 0 Å². The average molecular weight is 467 g/mol. The molecule has 7 nitrogen and oxygen atoms in total. The van der Waals surface area contributed by atoms with E-state index in [0.717, 1.165) is 73.7 Å². The zero-order valence-corrected chi connectivity index (χ0v) is 19.9. The first-order valence-corrected chi connectivity index (χ1v) is 12.8. The van der Waals surface area contributed by atoms with E-state index in [1.165, 1.54) is 28.7 Å². The highest BCUT2D eigenvalue weighted by Crippen LogP contribution is 2.40. The van der Waals surface area contributed by atoms with Crippen LogP contribution in [-0.4, -0.2) is 67.5 Å². The minimum Gasteiger partial charge on any atom is -0.486 e. The molecule has 0 saturated carbocycles. The number of hydrogen-bond acceptors (Lipinski definition) is 8. The smallest absolute Gasteiger partial charge is 0.161 e. The number of para-hydroxylation sites is 2. The number of fused-ring (bicyclic) bond motifs is 4. The Morgan fingerprint density at radius 3 is 2.79 bits per heavy atom.